The third kappa shape index (κ3) is 3.85. The summed E-state index contributed by atoms with van der Waals surface area (Å²) in [6, 6.07) is 5.32. The van der Waals surface area contributed by atoms with Crippen molar-refractivity contribution in [2.45, 2.75) is 25.8 Å². The largest absolute Gasteiger partial charge is 0.465 e. The third-order valence-electron chi connectivity index (χ3n) is 3.02. The maximum absolute atomic E-state index is 12.5. The highest BCUT2D eigenvalue weighted by Gasteiger charge is 2.34. The van der Waals surface area contributed by atoms with E-state index in [4.69, 9.17) is 16.3 Å². The van der Waals surface area contributed by atoms with Gasteiger partial charge in [-0.3, -0.25) is 9.59 Å². The van der Waals surface area contributed by atoms with Gasteiger partial charge in [0, 0.05) is 15.2 Å². The number of carbonyl (C=O) groups excluding carboxylic acids is 2. The van der Waals surface area contributed by atoms with Crippen molar-refractivity contribution in [1.29, 1.82) is 0 Å². The fraction of sp³-hybridized carbons (Fsp3) is 0.429. The van der Waals surface area contributed by atoms with Crippen LogP contribution in [0.3, 0.4) is 0 Å². The molecular formula is C14H15ClINO3. The molecule has 6 heteroatoms. The fourth-order valence-electron chi connectivity index (χ4n) is 1.89. The monoisotopic (exact) mass is 407 g/mol. The molecule has 0 unspecified atom stereocenters. The Morgan fingerprint density at radius 2 is 2.15 bits per heavy atom. The van der Waals surface area contributed by atoms with Gasteiger partial charge in [0.1, 0.15) is 6.54 Å². The van der Waals surface area contributed by atoms with Crippen molar-refractivity contribution >= 4 is 46.1 Å². The lowest BCUT2D eigenvalue weighted by Crippen LogP contribution is -2.38. The van der Waals surface area contributed by atoms with Crippen molar-refractivity contribution in [2.75, 3.05) is 13.2 Å². The summed E-state index contributed by atoms with van der Waals surface area (Å²) < 4.78 is 5.81. The zero-order valence-electron chi connectivity index (χ0n) is 11.1. The van der Waals surface area contributed by atoms with Gasteiger partial charge in [0.25, 0.3) is 5.91 Å². The quantitative estimate of drug-likeness (QED) is 0.557. The number of amides is 1. The van der Waals surface area contributed by atoms with E-state index in [9.17, 15) is 9.59 Å². The van der Waals surface area contributed by atoms with Gasteiger partial charge in [-0.05, 0) is 60.6 Å². The second-order valence-corrected chi connectivity index (χ2v) is 6.17. The van der Waals surface area contributed by atoms with Crippen molar-refractivity contribution < 1.29 is 14.3 Å². The molecule has 20 heavy (non-hydrogen) atoms. The topological polar surface area (TPSA) is 46.6 Å². The molecule has 0 N–H and O–H groups in total. The molecule has 0 heterocycles. The second kappa shape index (κ2) is 6.76. The molecule has 1 amide bonds. The Labute approximate surface area is 136 Å². The maximum Gasteiger partial charge on any atom is 0.325 e. The Morgan fingerprint density at radius 3 is 2.70 bits per heavy atom. The SMILES string of the molecule is CCOC(=O)CN(C(=O)c1ccc(I)c(Cl)c1)C1CC1. The summed E-state index contributed by atoms with van der Waals surface area (Å²) in [6.07, 6.45) is 1.87. The summed E-state index contributed by atoms with van der Waals surface area (Å²) in [7, 11) is 0. The predicted octanol–water partition coefficient (Wildman–Crippen LogP) is 3.11. The highest BCUT2D eigenvalue weighted by molar-refractivity contribution is 14.1. The number of hydrogen-bond donors (Lipinski definition) is 0. The summed E-state index contributed by atoms with van der Waals surface area (Å²) in [4.78, 5) is 25.7. The molecule has 108 valence electrons. The summed E-state index contributed by atoms with van der Waals surface area (Å²) in [5.41, 5.74) is 0.506. The van der Waals surface area contributed by atoms with Gasteiger partial charge in [0.2, 0.25) is 0 Å². The van der Waals surface area contributed by atoms with Gasteiger partial charge in [-0.15, -0.1) is 0 Å². The number of benzene rings is 1. The zero-order chi connectivity index (χ0) is 14.7. The average Bonchev–Trinajstić information content (AvgIpc) is 3.23. The maximum atomic E-state index is 12.5. The molecule has 1 aliphatic carbocycles. The molecule has 0 spiro atoms. The van der Waals surface area contributed by atoms with Crippen LogP contribution in [0.1, 0.15) is 30.1 Å². The minimum atomic E-state index is -0.371. The van der Waals surface area contributed by atoms with E-state index in [1.807, 2.05) is 0 Å². The van der Waals surface area contributed by atoms with Gasteiger partial charge < -0.3 is 9.64 Å². The minimum absolute atomic E-state index is 0.000938. The molecule has 4 nitrogen and oxygen atoms in total. The number of ether oxygens (including phenoxy) is 1. The van der Waals surface area contributed by atoms with Crippen LogP contribution in [-0.2, 0) is 9.53 Å². The Balaban J connectivity index is 2.14. The first-order valence-corrected chi connectivity index (χ1v) is 7.90. The van der Waals surface area contributed by atoms with Crippen LogP contribution in [0.2, 0.25) is 5.02 Å². The highest BCUT2D eigenvalue weighted by atomic mass is 127. The van der Waals surface area contributed by atoms with Gasteiger partial charge in [-0.2, -0.15) is 0 Å². The molecule has 1 aliphatic rings. The van der Waals surface area contributed by atoms with Crippen molar-refractivity contribution in [2.24, 2.45) is 0 Å². The van der Waals surface area contributed by atoms with Crippen LogP contribution < -0.4 is 0 Å². The second-order valence-electron chi connectivity index (χ2n) is 4.60. The molecule has 1 aromatic carbocycles. The van der Waals surface area contributed by atoms with E-state index in [2.05, 4.69) is 22.6 Å². The molecule has 0 saturated heterocycles. The number of esters is 1. The van der Waals surface area contributed by atoms with E-state index in [-0.39, 0.29) is 24.5 Å². The summed E-state index contributed by atoms with van der Waals surface area (Å²) >= 11 is 8.15. The molecule has 0 aromatic heterocycles. The molecule has 2 rings (SSSR count). The molecule has 1 aromatic rings. The Kier molecular flexibility index (Phi) is 5.26. The van der Waals surface area contributed by atoms with Crippen LogP contribution in [0.25, 0.3) is 0 Å². The number of carbonyl (C=O) groups is 2. The van der Waals surface area contributed by atoms with E-state index in [1.165, 1.54) is 0 Å². The van der Waals surface area contributed by atoms with Gasteiger partial charge >= 0.3 is 5.97 Å². The van der Waals surface area contributed by atoms with Crippen molar-refractivity contribution in [1.82, 2.24) is 4.90 Å². The Morgan fingerprint density at radius 1 is 1.45 bits per heavy atom. The smallest absolute Gasteiger partial charge is 0.325 e. The lowest BCUT2D eigenvalue weighted by molar-refractivity contribution is -0.144. The number of halogens is 2. The van der Waals surface area contributed by atoms with Gasteiger partial charge in [-0.25, -0.2) is 0 Å². The molecule has 0 aliphatic heterocycles. The van der Waals surface area contributed by atoms with Crippen molar-refractivity contribution in [3.8, 4) is 0 Å². The fourth-order valence-corrected chi connectivity index (χ4v) is 2.41. The normalized spacial score (nSPS) is 13.9. The average molecular weight is 408 g/mol. The van der Waals surface area contributed by atoms with E-state index in [1.54, 1.807) is 30.0 Å². The molecule has 1 saturated carbocycles. The van der Waals surface area contributed by atoms with E-state index in [0.29, 0.717) is 17.2 Å². The van der Waals surface area contributed by atoms with E-state index in [0.717, 1.165) is 16.4 Å². The summed E-state index contributed by atoms with van der Waals surface area (Å²) in [6.45, 7) is 2.07. The van der Waals surface area contributed by atoms with Crippen molar-refractivity contribution in [3.63, 3.8) is 0 Å². The Bertz CT molecular complexity index is 531. The van der Waals surface area contributed by atoms with Crippen LogP contribution >= 0.6 is 34.2 Å². The first kappa shape index (κ1) is 15.6. The third-order valence-corrected chi connectivity index (χ3v) is 4.59. The van der Waals surface area contributed by atoms with Gasteiger partial charge in [0.15, 0.2) is 0 Å². The van der Waals surface area contributed by atoms with Crippen molar-refractivity contribution in [3.05, 3.63) is 32.4 Å². The molecule has 1 fully saturated rings. The van der Waals surface area contributed by atoms with E-state index < -0.39 is 0 Å². The molecule has 0 atom stereocenters. The Hall–Kier alpha value is -0.820. The lowest BCUT2D eigenvalue weighted by Gasteiger charge is -2.21. The summed E-state index contributed by atoms with van der Waals surface area (Å²) in [5, 5.41) is 0.545. The van der Waals surface area contributed by atoms with Crippen LogP contribution in [0.5, 0.6) is 0 Å². The van der Waals surface area contributed by atoms with E-state index >= 15 is 0 Å². The molecule has 0 radical (unpaired) electrons. The zero-order valence-corrected chi connectivity index (χ0v) is 14.0. The van der Waals surface area contributed by atoms with Gasteiger partial charge in [0.05, 0.1) is 11.6 Å². The van der Waals surface area contributed by atoms with Gasteiger partial charge in [-0.1, -0.05) is 11.6 Å². The number of rotatable bonds is 5. The predicted molar refractivity (Wildman–Crippen MR) is 84.9 cm³/mol. The highest BCUT2D eigenvalue weighted by Crippen LogP contribution is 2.29. The standard InChI is InChI=1S/C14H15ClINO3/c1-2-20-13(18)8-17(10-4-5-10)14(19)9-3-6-12(16)11(15)7-9/h3,6-7,10H,2,4-5,8H2,1H3. The lowest BCUT2D eigenvalue weighted by atomic mass is 10.2. The summed E-state index contributed by atoms with van der Waals surface area (Å²) in [5.74, 6) is -0.539. The first-order chi connectivity index (χ1) is 9.52. The van der Waals surface area contributed by atoms with Crippen LogP contribution in [0, 0.1) is 3.57 Å². The minimum Gasteiger partial charge on any atom is -0.465 e. The first-order valence-electron chi connectivity index (χ1n) is 6.44. The molecular weight excluding hydrogens is 393 g/mol. The van der Waals surface area contributed by atoms with Crippen LogP contribution in [-0.4, -0.2) is 36.0 Å². The van der Waals surface area contributed by atoms with Crippen LogP contribution in [0.4, 0.5) is 0 Å². The van der Waals surface area contributed by atoms with Crippen LogP contribution in [0.15, 0.2) is 18.2 Å². The number of hydrogen-bond acceptors (Lipinski definition) is 3. The number of nitrogens with zero attached hydrogens (tertiary/aromatic N) is 1. The molecule has 0 bridgehead atoms.